The van der Waals surface area contributed by atoms with Crippen molar-refractivity contribution in [1.29, 1.82) is 0 Å². The second-order valence-electron chi connectivity index (χ2n) is 8.37. The van der Waals surface area contributed by atoms with Crippen molar-refractivity contribution in [3.05, 3.63) is 59.7 Å². The molecule has 146 valence electrons. The van der Waals surface area contributed by atoms with Crippen molar-refractivity contribution in [3.63, 3.8) is 0 Å². The van der Waals surface area contributed by atoms with Crippen LogP contribution in [-0.4, -0.2) is 29.8 Å². The van der Waals surface area contributed by atoms with Gasteiger partial charge in [0.2, 0.25) is 0 Å². The molecule has 0 radical (unpaired) electrons. The summed E-state index contributed by atoms with van der Waals surface area (Å²) in [5.74, 6) is -0.686. The van der Waals surface area contributed by atoms with E-state index in [-0.39, 0.29) is 36.3 Å². The first kappa shape index (κ1) is 18.5. The molecular weight excluding hydrogens is 354 g/mol. The summed E-state index contributed by atoms with van der Waals surface area (Å²) in [6, 6.07) is 16.4. The maximum atomic E-state index is 12.4. The van der Waals surface area contributed by atoms with Gasteiger partial charge in [0, 0.05) is 18.4 Å². The minimum absolute atomic E-state index is 0.0345. The van der Waals surface area contributed by atoms with E-state index in [4.69, 9.17) is 9.84 Å². The smallest absolute Gasteiger partial charge is 0.407 e. The van der Waals surface area contributed by atoms with Gasteiger partial charge in [-0.1, -0.05) is 62.4 Å². The number of carboxylic acid groups (broad SMARTS) is 1. The minimum atomic E-state index is -0.794. The van der Waals surface area contributed by atoms with Crippen molar-refractivity contribution in [1.82, 2.24) is 5.32 Å². The van der Waals surface area contributed by atoms with Crippen LogP contribution in [0.25, 0.3) is 11.1 Å². The van der Waals surface area contributed by atoms with Crippen LogP contribution >= 0.6 is 0 Å². The fourth-order valence-electron chi connectivity index (χ4n) is 4.60. The highest BCUT2D eigenvalue weighted by atomic mass is 16.5. The molecule has 0 bridgehead atoms. The zero-order valence-electron chi connectivity index (χ0n) is 16.1. The number of rotatable bonds is 5. The van der Waals surface area contributed by atoms with E-state index in [1.807, 2.05) is 38.1 Å². The Labute approximate surface area is 164 Å². The molecule has 2 aliphatic rings. The fourth-order valence-corrected chi connectivity index (χ4v) is 4.60. The van der Waals surface area contributed by atoms with Gasteiger partial charge in [-0.15, -0.1) is 0 Å². The summed E-state index contributed by atoms with van der Waals surface area (Å²) in [4.78, 5) is 23.4. The second-order valence-corrected chi connectivity index (χ2v) is 8.37. The number of amides is 1. The molecule has 0 aliphatic heterocycles. The lowest BCUT2D eigenvalue weighted by atomic mass is 9.57. The number of carbonyl (C=O) groups is 2. The normalized spacial score (nSPS) is 21.9. The van der Waals surface area contributed by atoms with Crippen LogP contribution in [0.2, 0.25) is 0 Å². The molecule has 5 heteroatoms. The summed E-state index contributed by atoms with van der Waals surface area (Å²) >= 11 is 0. The highest BCUT2D eigenvalue weighted by Gasteiger charge is 2.49. The molecule has 0 saturated heterocycles. The van der Waals surface area contributed by atoms with E-state index in [1.54, 1.807) is 0 Å². The third-order valence-electron chi connectivity index (χ3n) is 6.53. The molecular formula is C23H25NO4. The molecule has 1 saturated carbocycles. The van der Waals surface area contributed by atoms with Gasteiger partial charge in [0.05, 0.1) is 0 Å². The van der Waals surface area contributed by atoms with E-state index < -0.39 is 12.1 Å². The largest absolute Gasteiger partial charge is 0.481 e. The van der Waals surface area contributed by atoms with Gasteiger partial charge in [-0.25, -0.2) is 4.79 Å². The standard InChI is InChI=1S/C23H25NO4/c1-23(2)14(12-21(25)26)11-20(23)24-22(27)28-13-19-17-9-5-3-7-15(17)16-8-4-6-10-18(16)19/h3-10,14,19-20H,11-13H2,1-2H3,(H,24,27)(H,25,26)/t14-,20-/m1/s1. The van der Waals surface area contributed by atoms with E-state index in [9.17, 15) is 9.59 Å². The highest BCUT2D eigenvalue weighted by molar-refractivity contribution is 5.79. The predicted octanol–water partition coefficient (Wildman–Crippen LogP) is 4.41. The van der Waals surface area contributed by atoms with Crippen LogP contribution in [0.4, 0.5) is 4.79 Å². The Kier molecular flexibility index (Phi) is 4.61. The fraction of sp³-hybridized carbons (Fsp3) is 0.391. The number of hydrogen-bond acceptors (Lipinski definition) is 3. The van der Waals surface area contributed by atoms with Crippen LogP contribution in [0.3, 0.4) is 0 Å². The number of benzene rings is 2. The first-order chi connectivity index (χ1) is 13.4. The van der Waals surface area contributed by atoms with E-state index in [2.05, 4.69) is 29.6 Å². The van der Waals surface area contributed by atoms with Gasteiger partial charge in [0.25, 0.3) is 0 Å². The maximum absolute atomic E-state index is 12.4. The van der Waals surface area contributed by atoms with Crippen LogP contribution in [0.15, 0.2) is 48.5 Å². The van der Waals surface area contributed by atoms with E-state index in [1.165, 1.54) is 22.3 Å². The van der Waals surface area contributed by atoms with Crippen LogP contribution in [-0.2, 0) is 9.53 Å². The van der Waals surface area contributed by atoms with Gasteiger partial charge in [-0.3, -0.25) is 4.79 Å². The van der Waals surface area contributed by atoms with E-state index >= 15 is 0 Å². The molecule has 1 amide bonds. The Morgan fingerprint density at radius 2 is 1.64 bits per heavy atom. The van der Waals surface area contributed by atoms with E-state index in [0.717, 1.165) is 0 Å². The highest BCUT2D eigenvalue weighted by Crippen LogP contribution is 2.48. The van der Waals surface area contributed by atoms with Gasteiger partial charge in [0.1, 0.15) is 6.61 Å². The zero-order chi connectivity index (χ0) is 19.9. The number of aliphatic carboxylic acids is 1. The Balaban J connectivity index is 1.39. The number of carboxylic acids is 1. The quantitative estimate of drug-likeness (QED) is 0.807. The molecule has 2 aliphatic carbocycles. The Hall–Kier alpha value is -2.82. The average molecular weight is 379 g/mol. The number of nitrogens with one attached hydrogen (secondary N) is 1. The Morgan fingerprint density at radius 3 is 2.18 bits per heavy atom. The third-order valence-corrected chi connectivity index (χ3v) is 6.53. The molecule has 5 nitrogen and oxygen atoms in total. The predicted molar refractivity (Wildman–Crippen MR) is 106 cm³/mol. The van der Waals surface area contributed by atoms with Crippen molar-refractivity contribution in [2.45, 2.75) is 38.6 Å². The summed E-state index contributed by atoms with van der Waals surface area (Å²) < 4.78 is 5.59. The van der Waals surface area contributed by atoms with Gasteiger partial charge in [0.15, 0.2) is 0 Å². The molecule has 1 fully saturated rings. The lowest BCUT2D eigenvalue weighted by Crippen LogP contribution is -2.58. The topological polar surface area (TPSA) is 75.6 Å². The van der Waals surface area contributed by atoms with Gasteiger partial charge in [-0.05, 0) is 40.0 Å². The van der Waals surface area contributed by atoms with Crippen molar-refractivity contribution in [3.8, 4) is 11.1 Å². The number of alkyl carbamates (subject to hydrolysis) is 1. The van der Waals surface area contributed by atoms with Crippen LogP contribution in [0.1, 0.15) is 43.7 Å². The third kappa shape index (κ3) is 3.15. The molecule has 0 aromatic heterocycles. The summed E-state index contributed by atoms with van der Waals surface area (Å²) in [6.07, 6.45) is 0.369. The molecule has 28 heavy (non-hydrogen) atoms. The molecule has 0 heterocycles. The summed E-state index contributed by atoms with van der Waals surface area (Å²) in [6.45, 7) is 4.28. The van der Waals surface area contributed by atoms with Gasteiger partial charge < -0.3 is 15.2 Å². The number of fused-ring (bicyclic) bond motifs is 3. The van der Waals surface area contributed by atoms with Crippen LogP contribution in [0, 0.1) is 11.3 Å². The van der Waals surface area contributed by atoms with Gasteiger partial charge >= 0.3 is 12.1 Å². The minimum Gasteiger partial charge on any atom is -0.481 e. The monoisotopic (exact) mass is 379 g/mol. The lowest BCUT2D eigenvalue weighted by molar-refractivity contribution is -0.141. The maximum Gasteiger partial charge on any atom is 0.407 e. The molecule has 2 N–H and O–H groups in total. The summed E-state index contributed by atoms with van der Waals surface area (Å²) in [5.41, 5.74) is 4.51. The van der Waals surface area contributed by atoms with Crippen molar-refractivity contribution in [2.75, 3.05) is 6.61 Å². The zero-order valence-corrected chi connectivity index (χ0v) is 16.1. The molecule has 0 spiro atoms. The Bertz CT molecular complexity index is 875. The average Bonchev–Trinajstić information content (AvgIpc) is 2.99. The van der Waals surface area contributed by atoms with Gasteiger partial charge in [-0.2, -0.15) is 0 Å². The second kappa shape index (κ2) is 6.97. The lowest BCUT2D eigenvalue weighted by Gasteiger charge is -2.51. The van der Waals surface area contributed by atoms with Crippen molar-refractivity contribution >= 4 is 12.1 Å². The SMILES string of the molecule is CC1(C)[C@@H](CC(=O)O)C[C@H]1NC(=O)OCC1c2ccccc2-c2ccccc21. The summed E-state index contributed by atoms with van der Waals surface area (Å²) in [5, 5.41) is 11.9. The molecule has 2 aromatic rings. The molecule has 4 rings (SSSR count). The van der Waals surface area contributed by atoms with Crippen LogP contribution in [0.5, 0.6) is 0 Å². The number of hydrogen-bond donors (Lipinski definition) is 2. The summed E-state index contributed by atoms with van der Waals surface area (Å²) in [7, 11) is 0. The van der Waals surface area contributed by atoms with E-state index in [0.29, 0.717) is 6.42 Å². The van der Waals surface area contributed by atoms with Crippen molar-refractivity contribution < 1.29 is 19.4 Å². The molecule has 2 aromatic carbocycles. The Morgan fingerprint density at radius 1 is 1.07 bits per heavy atom. The number of carbonyl (C=O) groups excluding carboxylic acids is 1. The number of ether oxygens (including phenoxy) is 1. The van der Waals surface area contributed by atoms with Crippen molar-refractivity contribution in [2.24, 2.45) is 11.3 Å². The molecule has 0 unspecified atom stereocenters. The molecule has 2 atom stereocenters. The van der Waals surface area contributed by atoms with Crippen LogP contribution < -0.4 is 5.32 Å². The first-order valence-electron chi connectivity index (χ1n) is 9.71. The first-order valence-corrected chi connectivity index (χ1v) is 9.71.